The summed E-state index contributed by atoms with van der Waals surface area (Å²) in [6.45, 7) is 1.81. The highest BCUT2D eigenvalue weighted by Gasteiger charge is 2.15. The molecule has 0 bridgehead atoms. The SMILES string of the molecule is FCc1csc(CC2CCNCC2)n1. The number of thiazole rings is 1. The van der Waals surface area contributed by atoms with Gasteiger partial charge in [-0.2, -0.15) is 0 Å². The van der Waals surface area contributed by atoms with E-state index in [0.717, 1.165) is 30.4 Å². The molecule has 78 valence electrons. The molecule has 1 aromatic rings. The van der Waals surface area contributed by atoms with E-state index in [1.807, 2.05) is 5.38 Å². The van der Waals surface area contributed by atoms with E-state index in [1.165, 1.54) is 12.8 Å². The van der Waals surface area contributed by atoms with Crippen LogP contribution >= 0.6 is 11.3 Å². The lowest BCUT2D eigenvalue weighted by Gasteiger charge is -2.21. The van der Waals surface area contributed by atoms with Gasteiger partial charge < -0.3 is 5.32 Å². The molecule has 0 atom stereocenters. The summed E-state index contributed by atoms with van der Waals surface area (Å²) >= 11 is 1.60. The highest BCUT2D eigenvalue weighted by molar-refractivity contribution is 7.09. The van der Waals surface area contributed by atoms with Crippen molar-refractivity contribution in [2.75, 3.05) is 13.1 Å². The van der Waals surface area contributed by atoms with Crippen LogP contribution in [-0.4, -0.2) is 18.1 Å². The predicted molar refractivity (Wildman–Crippen MR) is 56.2 cm³/mol. The van der Waals surface area contributed by atoms with Crippen molar-refractivity contribution in [2.24, 2.45) is 5.92 Å². The van der Waals surface area contributed by atoms with Crippen LogP contribution in [0.1, 0.15) is 23.5 Å². The van der Waals surface area contributed by atoms with Crippen molar-refractivity contribution >= 4 is 11.3 Å². The molecule has 0 aromatic carbocycles. The Morgan fingerprint density at radius 2 is 2.29 bits per heavy atom. The van der Waals surface area contributed by atoms with E-state index in [1.54, 1.807) is 11.3 Å². The van der Waals surface area contributed by atoms with E-state index in [4.69, 9.17) is 0 Å². The van der Waals surface area contributed by atoms with Gasteiger partial charge in [-0.05, 0) is 31.8 Å². The quantitative estimate of drug-likeness (QED) is 0.834. The Morgan fingerprint density at radius 1 is 1.50 bits per heavy atom. The van der Waals surface area contributed by atoms with Crippen molar-refractivity contribution in [1.29, 1.82) is 0 Å². The van der Waals surface area contributed by atoms with Gasteiger partial charge in [-0.3, -0.25) is 0 Å². The van der Waals surface area contributed by atoms with Crippen LogP contribution in [0.4, 0.5) is 4.39 Å². The molecule has 1 fully saturated rings. The molecule has 0 amide bonds. The summed E-state index contributed by atoms with van der Waals surface area (Å²) in [6.07, 6.45) is 3.49. The molecule has 1 aliphatic rings. The van der Waals surface area contributed by atoms with E-state index >= 15 is 0 Å². The number of rotatable bonds is 3. The Kier molecular flexibility index (Phi) is 3.48. The second-order valence-corrected chi connectivity index (χ2v) is 4.71. The summed E-state index contributed by atoms with van der Waals surface area (Å²) in [7, 11) is 0. The van der Waals surface area contributed by atoms with Crippen molar-refractivity contribution in [1.82, 2.24) is 10.3 Å². The lowest BCUT2D eigenvalue weighted by molar-refractivity contribution is 0.371. The summed E-state index contributed by atoms with van der Waals surface area (Å²) in [5, 5.41) is 6.27. The van der Waals surface area contributed by atoms with Crippen molar-refractivity contribution in [3.8, 4) is 0 Å². The third-order valence-electron chi connectivity index (χ3n) is 2.66. The van der Waals surface area contributed by atoms with Gasteiger partial charge in [-0.25, -0.2) is 9.37 Å². The fourth-order valence-electron chi connectivity index (χ4n) is 1.84. The lowest BCUT2D eigenvalue weighted by atomic mass is 9.95. The van der Waals surface area contributed by atoms with E-state index < -0.39 is 6.67 Å². The summed E-state index contributed by atoms with van der Waals surface area (Å²) in [6, 6.07) is 0. The number of nitrogens with zero attached hydrogens (tertiary/aromatic N) is 1. The Balaban J connectivity index is 1.89. The zero-order valence-electron chi connectivity index (χ0n) is 8.13. The van der Waals surface area contributed by atoms with Crippen LogP contribution in [0.15, 0.2) is 5.38 Å². The highest BCUT2D eigenvalue weighted by atomic mass is 32.1. The molecule has 1 N–H and O–H groups in total. The topological polar surface area (TPSA) is 24.9 Å². The van der Waals surface area contributed by atoms with Crippen LogP contribution < -0.4 is 5.32 Å². The third kappa shape index (κ3) is 2.51. The number of nitrogens with one attached hydrogen (secondary N) is 1. The Hall–Kier alpha value is -0.480. The molecular weight excluding hydrogens is 199 g/mol. The van der Waals surface area contributed by atoms with Crippen LogP contribution in [0.5, 0.6) is 0 Å². The summed E-state index contributed by atoms with van der Waals surface area (Å²) in [5.74, 6) is 0.745. The number of piperidine rings is 1. The molecule has 0 spiro atoms. The van der Waals surface area contributed by atoms with Gasteiger partial charge in [0.15, 0.2) is 0 Å². The molecule has 14 heavy (non-hydrogen) atoms. The first kappa shape index (κ1) is 10.1. The van der Waals surface area contributed by atoms with Gasteiger partial charge >= 0.3 is 0 Å². The number of halogens is 1. The van der Waals surface area contributed by atoms with Gasteiger partial charge in [-0.1, -0.05) is 0 Å². The minimum Gasteiger partial charge on any atom is -0.317 e. The van der Waals surface area contributed by atoms with Crippen LogP contribution in [0.2, 0.25) is 0 Å². The molecule has 1 aromatic heterocycles. The van der Waals surface area contributed by atoms with Crippen LogP contribution in [0.3, 0.4) is 0 Å². The first-order valence-electron chi connectivity index (χ1n) is 5.08. The van der Waals surface area contributed by atoms with Gasteiger partial charge in [0.05, 0.1) is 10.7 Å². The fraction of sp³-hybridized carbons (Fsp3) is 0.700. The average Bonchev–Trinajstić information content (AvgIpc) is 2.67. The molecule has 0 radical (unpaired) electrons. The maximum Gasteiger partial charge on any atom is 0.132 e. The minimum atomic E-state index is -0.428. The van der Waals surface area contributed by atoms with Crippen LogP contribution in [0.25, 0.3) is 0 Å². The maximum absolute atomic E-state index is 12.3. The molecular formula is C10H15FN2S. The smallest absolute Gasteiger partial charge is 0.132 e. The molecule has 0 saturated carbocycles. The van der Waals surface area contributed by atoms with Crippen molar-refractivity contribution in [2.45, 2.75) is 25.9 Å². The molecule has 0 aliphatic carbocycles. The maximum atomic E-state index is 12.3. The van der Waals surface area contributed by atoms with E-state index in [2.05, 4.69) is 10.3 Å². The second kappa shape index (κ2) is 4.84. The van der Waals surface area contributed by atoms with Gasteiger partial charge in [0.25, 0.3) is 0 Å². The van der Waals surface area contributed by atoms with E-state index in [9.17, 15) is 4.39 Å². The molecule has 2 heterocycles. The summed E-state index contributed by atoms with van der Waals surface area (Å²) < 4.78 is 12.3. The fourth-order valence-corrected chi connectivity index (χ4v) is 2.73. The molecule has 2 nitrogen and oxygen atoms in total. The first-order chi connectivity index (χ1) is 6.88. The predicted octanol–water partition coefficient (Wildman–Crippen LogP) is 2.15. The Labute approximate surface area is 87.6 Å². The Bertz CT molecular complexity index is 281. The largest absolute Gasteiger partial charge is 0.317 e. The molecule has 0 unspecified atom stereocenters. The van der Waals surface area contributed by atoms with E-state index in [0.29, 0.717) is 5.69 Å². The summed E-state index contributed by atoms with van der Waals surface area (Å²) in [5.41, 5.74) is 0.596. The molecule has 1 aliphatic heterocycles. The van der Waals surface area contributed by atoms with Gasteiger partial charge in [0.2, 0.25) is 0 Å². The average molecular weight is 214 g/mol. The molecule has 4 heteroatoms. The minimum absolute atomic E-state index is 0.428. The van der Waals surface area contributed by atoms with E-state index in [-0.39, 0.29) is 0 Å². The van der Waals surface area contributed by atoms with Crippen molar-refractivity contribution < 1.29 is 4.39 Å². The molecule has 1 saturated heterocycles. The summed E-state index contributed by atoms with van der Waals surface area (Å²) in [4.78, 5) is 4.25. The monoisotopic (exact) mass is 214 g/mol. The highest BCUT2D eigenvalue weighted by Crippen LogP contribution is 2.20. The van der Waals surface area contributed by atoms with Crippen LogP contribution in [-0.2, 0) is 13.1 Å². The zero-order chi connectivity index (χ0) is 9.80. The number of hydrogen-bond donors (Lipinski definition) is 1. The molecule has 2 rings (SSSR count). The van der Waals surface area contributed by atoms with Crippen molar-refractivity contribution in [3.05, 3.63) is 16.1 Å². The zero-order valence-corrected chi connectivity index (χ0v) is 8.95. The van der Waals surface area contributed by atoms with Crippen molar-refractivity contribution in [3.63, 3.8) is 0 Å². The number of aromatic nitrogens is 1. The number of hydrogen-bond acceptors (Lipinski definition) is 3. The van der Waals surface area contributed by atoms with Gasteiger partial charge in [0, 0.05) is 11.8 Å². The standard InChI is InChI=1S/C10H15FN2S/c11-6-9-7-14-10(13-9)5-8-1-3-12-4-2-8/h7-8,12H,1-6H2. The normalized spacial score (nSPS) is 18.6. The second-order valence-electron chi connectivity index (χ2n) is 3.76. The van der Waals surface area contributed by atoms with Gasteiger partial charge in [-0.15, -0.1) is 11.3 Å². The first-order valence-corrected chi connectivity index (χ1v) is 5.96. The Morgan fingerprint density at radius 3 is 2.93 bits per heavy atom. The van der Waals surface area contributed by atoms with Gasteiger partial charge in [0.1, 0.15) is 6.67 Å². The van der Waals surface area contributed by atoms with Crippen LogP contribution in [0, 0.1) is 5.92 Å². The number of alkyl halides is 1. The third-order valence-corrected chi connectivity index (χ3v) is 3.58. The lowest BCUT2D eigenvalue weighted by Crippen LogP contribution is -2.28.